The van der Waals surface area contributed by atoms with Crippen molar-refractivity contribution in [2.75, 3.05) is 79.3 Å². The molecule has 0 aliphatic carbocycles. The number of hydrogen-bond donors (Lipinski definition) is 0. The molecule has 0 bridgehead atoms. The van der Waals surface area contributed by atoms with Crippen molar-refractivity contribution in [2.45, 2.75) is 6.92 Å². The first-order chi connectivity index (χ1) is 15.1. The number of rotatable bonds is 20. The first-order valence-electron chi connectivity index (χ1n) is 9.99. The Morgan fingerprint density at radius 3 is 1.48 bits per heavy atom. The zero-order valence-corrected chi connectivity index (χ0v) is 17.8. The Bertz CT molecular complexity index is 596. The van der Waals surface area contributed by atoms with Gasteiger partial charge >= 0.3 is 5.97 Å². The Morgan fingerprint density at radius 2 is 1.10 bits per heavy atom. The molecule has 0 spiro atoms. The predicted molar refractivity (Wildman–Crippen MR) is 109 cm³/mol. The second-order valence-corrected chi connectivity index (χ2v) is 6.00. The van der Waals surface area contributed by atoms with Gasteiger partial charge in [-0.25, -0.2) is 0 Å². The molecule has 1 aromatic rings. The first kappa shape index (κ1) is 26.7. The largest absolute Gasteiger partial charge is 0.491 e. The van der Waals surface area contributed by atoms with E-state index in [-0.39, 0.29) is 18.3 Å². The maximum absolute atomic E-state index is 10.6. The van der Waals surface area contributed by atoms with E-state index in [1.807, 2.05) is 0 Å². The van der Waals surface area contributed by atoms with Gasteiger partial charge in [-0.3, -0.25) is 14.9 Å². The standard InChI is InChI=1S/C20H31NO10/c1-18(22)30-16-14-28-12-10-26-8-6-25-7-9-27-11-13-29-15-17-31-20-4-2-19(3-5-20)21(23)24/h2-5H,6-17H2,1H3. The number of benzene rings is 1. The number of ether oxygens (including phenoxy) is 7. The Morgan fingerprint density at radius 1 is 0.710 bits per heavy atom. The first-order valence-corrected chi connectivity index (χ1v) is 9.99. The van der Waals surface area contributed by atoms with Gasteiger partial charge in [0.25, 0.3) is 5.69 Å². The van der Waals surface area contributed by atoms with Gasteiger partial charge in [0.15, 0.2) is 0 Å². The molecule has 1 aromatic carbocycles. The Labute approximate surface area is 181 Å². The molecular formula is C20H31NO10. The minimum atomic E-state index is -0.457. The van der Waals surface area contributed by atoms with Crippen LogP contribution in [0, 0.1) is 10.1 Å². The van der Waals surface area contributed by atoms with Crippen LogP contribution in [-0.2, 0) is 33.2 Å². The van der Waals surface area contributed by atoms with Crippen molar-refractivity contribution in [2.24, 2.45) is 0 Å². The second-order valence-electron chi connectivity index (χ2n) is 6.00. The monoisotopic (exact) mass is 445 g/mol. The third kappa shape index (κ3) is 16.1. The minimum absolute atomic E-state index is 0.0245. The van der Waals surface area contributed by atoms with E-state index in [0.717, 1.165) is 0 Å². The van der Waals surface area contributed by atoms with Gasteiger partial charge in [-0.2, -0.15) is 0 Å². The summed E-state index contributed by atoms with van der Waals surface area (Å²) in [6.07, 6.45) is 0. The number of nitro groups is 1. The van der Waals surface area contributed by atoms with Crippen molar-refractivity contribution < 1.29 is 42.9 Å². The highest BCUT2D eigenvalue weighted by Gasteiger charge is 2.04. The second kappa shape index (κ2) is 18.5. The Kier molecular flexibility index (Phi) is 15.9. The van der Waals surface area contributed by atoms with Gasteiger partial charge in [-0.15, -0.1) is 0 Å². The summed E-state index contributed by atoms with van der Waals surface area (Å²) in [5.41, 5.74) is 0.0245. The molecule has 176 valence electrons. The van der Waals surface area contributed by atoms with E-state index in [4.69, 9.17) is 33.2 Å². The van der Waals surface area contributed by atoms with Gasteiger partial charge in [0.05, 0.1) is 71.0 Å². The third-order valence-corrected chi connectivity index (χ3v) is 3.56. The zero-order chi connectivity index (χ0) is 22.6. The summed E-state index contributed by atoms with van der Waals surface area (Å²) in [5.74, 6) is 0.235. The molecule has 0 aromatic heterocycles. The smallest absolute Gasteiger partial charge is 0.302 e. The SMILES string of the molecule is CC(=O)OCCOCCOCCOCCOCCOCCOc1ccc([N+](=O)[O-])cc1. The molecule has 0 saturated heterocycles. The lowest BCUT2D eigenvalue weighted by Gasteiger charge is -2.08. The lowest BCUT2D eigenvalue weighted by atomic mass is 10.3. The van der Waals surface area contributed by atoms with E-state index in [9.17, 15) is 14.9 Å². The van der Waals surface area contributed by atoms with Crippen molar-refractivity contribution >= 4 is 11.7 Å². The zero-order valence-electron chi connectivity index (χ0n) is 17.8. The molecule has 11 heteroatoms. The number of carbonyl (C=O) groups excluding carboxylic acids is 1. The molecule has 0 radical (unpaired) electrons. The molecule has 0 atom stereocenters. The van der Waals surface area contributed by atoms with Gasteiger partial charge in [-0.05, 0) is 12.1 Å². The van der Waals surface area contributed by atoms with Crippen LogP contribution in [0.3, 0.4) is 0 Å². The highest BCUT2D eigenvalue weighted by Crippen LogP contribution is 2.16. The van der Waals surface area contributed by atoms with Gasteiger partial charge in [-0.1, -0.05) is 0 Å². The molecule has 0 fully saturated rings. The van der Waals surface area contributed by atoms with Gasteiger partial charge in [0, 0.05) is 19.1 Å². The van der Waals surface area contributed by atoms with E-state index in [0.29, 0.717) is 78.4 Å². The lowest BCUT2D eigenvalue weighted by molar-refractivity contribution is -0.384. The fraction of sp³-hybridized carbons (Fsp3) is 0.650. The number of carbonyl (C=O) groups is 1. The summed E-state index contributed by atoms with van der Waals surface area (Å²) in [6.45, 7) is 6.31. The topological polar surface area (TPSA) is 125 Å². The van der Waals surface area contributed by atoms with Gasteiger partial charge in [0.2, 0.25) is 0 Å². The van der Waals surface area contributed by atoms with E-state index in [1.54, 1.807) is 12.1 Å². The van der Waals surface area contributed by atoms with Gasteiger partial charge in [0.1, 0.15) is 19.0 Å². The molecule has 0 saturated carbocycles. The maximum Gasteiger partial charge on any atom is 0.302 e. The molecule has 0 aliphatic heterocycles. The average Bonchev–Trinajstić information content (AvgIpc) is 2.75. The Hall–Kier alpha value is -2.31. The quantitative estimate of drug-likeness (QED) is 0.126. The third-order valence-electron chi connectivity index (χ3n) is 3.56. The lowest BCUT2D eigenvalue weighted by Crippen LogP contribution is -2.15. The van der Waals surface area contributed by atoms with Crippen molar-refractivity contribution in [1.29, 1.82) is 0 Å². The van der Waals surface area contributed by atoms with Crippen LogP contribution in [0.25, 0.3) is 0 Å². The summed E-state index contributed by atoms with van der Waals surface area (Å²) >= 11 is 0. The van der Waals surface area contributed by atoms with Crippen molar-refractivity contribution in [3.8, 4) is 5.75 Å². The molecule has 0 aliphatic rings. The van der Waals surface area contributed by atoms with E-state index < -0.39 is 4.92 Å². The summed E-state index contributed by atoms with van der Waals surface area (Å²) in [4.78, 5) is 20.6. The van der Waals surface area contributed by atoms with E-state index in [1.165, 1.54) is 19.1 Å². The molecule has 0 unspecified atom stereocenters. The minimum Gasteiger partial charge on any atom is -0.491 e. The maximum atomic E-state index is 10.6. The van der Waals surface area contributed by atoms with Crippen LogP contribution in [0.5, 0.6) is 5.75 Å². The summed E-state index contributed by atoms with van der Waals surface area (Å²) in [7, 11) is 0. The summed E-state index contributed by atoms with van der Waals surface area (Å²) in [5, 5.41) is 10.6. The number of hydrogen-bond acceptors (Lipinski definition) is 10. The number of nitro benzene ring substituents is 1. The Balaban J connectivity index is 1.76. The molecule has 0 N–H and O–H groups in total. The van der Waals surface area contributed by atoms with Gasteiger partial charge < -0.3 is 33.2 Å². The molecular weight excluding hydrogens is 414 g/mol. The molecule has 0 amide bonds. The van der Waals surface area contributed by atoms with Crippen LogP contribution in [0.15, 0.2) is 24.3 Å². The number of nitrogens with zero attached hydrogens (tertiary/aromatic N) is 1. The number of esters is 1. The summed E-state index contributed by atoms with van der Waals surface area (Å²) < 4.78 is 36.8. The normalized spacial score (nSPS) is 10.7. The van der Waals surface area contributed by atoms with E-state index in [2.05, 4.69) is 0 Å². The highest BCUT2D eigenvalue weighted by molar-refractivity contribution is 5.65. The van der Waals surface area contributed by atoms with Crippen LogP contribution in [0.2, 0.25) is 0 Å². The number of non-ortho nitro benzene ring substituents is 1. The molecule has 0 heterocycles. The fourth-order valence-electron chi connectivity index (χ4n) is 2.11. The molecule has 31 heavy (non-hydrogen) atoms. The predicted octanol–water partition coefficient (Wildman–Crippen LogP) is 1.62. The van der Waals surface area contributed by atoms with Crippen LogP contribution in [-0.4, -0.2) is 90.2 Å². The highest BCUT2D eigenvalue weighted by atomic mass is 16.6. The van der Waals surface area contributed by atoms with Crippen LogP contribution >= 0.6 is 0 Å². The van der Waals surface area contributed by atoms with Crippen LogP contribution < -0.4 is 4.74 Å². The average molecular weight is 445 g/mol. The van der Waals surface area contributed by atoms with Crippen molar-refractivity contribution in [3.05, 3.63) is 34.4 Å². The van der Waals surface area contributed by atoms with Crippen LogP contribution in [0.1, 0.15) is 6.92 Å². The van der Waals surface area contributed by atoms with Crippen molar-refractivity contribution in [3.63, 3.8) is 0 Å². The van der Waals surface area contributed by atoms with Crippen LogP contribution in [0.4, 0.5) is 5.69 Å². The summed E-state index contributed by atoms with van der Waals surface area (Å²) in [6, 6.07) is 5.88. The fourth-order valence-corrected chi connectivity index (χ4v) is 2.11. The van der Waals surface area contributed by atoms with E-state index >= 15 is 0 Å². The molecule has 11 nitrogen and oxygen atoms in total. The van der Waals surface area contributed by atoms with Crippen molar-refractivity contribution in [1.82, 2.24) is 0 Å². The molecule has 1 rings (SSSR count).